The van der Waals surface area contributed by atoms with Gasteiger partial charge in [-0.2, -0.15) is 5.10 Å². The summed E-state index contributed by atoms with van der Waals surface area (Å²) >= 11 is 0. The van der Waals surface area contributed by atoms with Gasteiger partial charge in [0.2, 0.25) is 0 Å². The molecule has 0 spiro atoms. The van der Waals surface area contributed by atoms with Gasteiger partial charge in [-0.05, 0) is 18.4 Å². The van der Waals surface area contributed by atoms with Crippen molar-refractivity contribution in [1.29, 1.82) is 0 Å². The van der Waals surface area contributed by atoms with E-state index in [4.69, 9.17) is 0 Å². The third-order valence-electron chi connectivity index (χ3n) is 4.77. The molecule has 1 aliphatic rings. The maximum atomic E-state index is 12.4. The van der Waals surface area contributed by atoms with Crippen LogP contribution in [0.25, 0.3) is 10.9 Å². The van der Waals surface area contributed by atoms with Gasteiger partial charge in [-0.25, -0.2) is 4.79 Å². The first-order valence-electron chi connectivity index (χ1n) is 8.62. The summed E-state index contributed by atoms with van der Waals surface area (Å²) in [6, 6.07) is 7.81. The molecule has 2 amide bonds. The molecule has 0 bridgehead atoms. The number of carbonyl (C=O) groups excluding carboxylic acids is 1. The fourth-order valence-electron chi connectivity index (χ4n) is 3.57. The molecule has 1 aromatic carbocycles. The highest BCUT2D eigenvalue weighted by atomic mass is 16.4. The summed E-state index contributed by atoms with van der Waals surface area (Å²) in [6.45, 7) is 3.33. The van der Waals surface area contributed by atoms with Crippen molar-refractivity contribution in [3.63, 3.8) is 0 Å². The number of carboxylic acids is 1. The lowest BCUT2D eigenvalue weighted by Gasteiger charge is -2.34. The Morgan fingerprint density at radius 1 is 1.32 bits per heavy atom. The molecule has 7 heteroatoms. The van der Waals surface area contributed by atoms with E-state index in [-0.39, 0.29) is 18.5 Å². The molecule has 7 nitrogen and oxygen atoms in total. The van der Waals surface area contributed by atoms with Crippen LogP contribution in [0.1, 0.15) is 19.0 Å². The molecule has 25 heavy (non-hydrogen) atoms. The molecule has 1 aliphatic heterocycles. The first kappa shape index (κ1) is 17.3. The zero-order valence-corrected chi connectivity index (χ0v) is 14.6. The van der Waals surface area contributed by atoms with Crippen LogP contribution < -0.4 is 5.32 Å². The van der Waals surface area contributed by atoms with E-state index >= 15 is 0 Å². The Labute approximate surface area is 146 Å². The van der Waals surface area contributed by atoms with Gasteiger partial charge in [0.25, 0.3) is 0 Å². The van der Waals surface area contributed by atoms with Crippen LogP contribution in [0.3, 0.4) is 0 Å². The van der Waals surface area contributed by atoms with Crippen molar-refractivity contribution < 1.29 is 14.7 Å². The molecule has 2 aromatic rings. The Balaban J connectivity index is 1.58. The van der Waals surface area contributed by atoms with Crippen molar-refractivity contribution in [3.8, 4) is 0 Å². The van der Waals surface area contributed by atoms with Gasteiger partial charge >= 0.3 is 12.0 Å². The first-order chi connectivity index (χ1) is 12.0. The average molecular weight is 344 g/mol. The molecular weight excluding hydrogens is 320 g/mol. The number of amides is 2. The van der Waals surface area contributed by atoms with Crippen LogP contribution in [-0.2, 0) is 18.3 Å². The number of urea groups is 1. The predicted octanol–water partition coefficient (Wildman–Crippen LogP) is 1.87. The number of hydrogen-bond donors (Lipinski definition) is 2. The number of rotatable bonds is 4. The number of nitrogens with one attached hydrogen (secondary N) is 1. The molecule has 0 saturated carbocycles. The van der Waals surface area contributed by atoms with Gasteiger partial charge in [-0.1, -0.05) is 25.1 Å². The van der Waals surface area contributed by atoms with Gasteiger partial charge in [0.1, 0.15) is 0 Å². The van der Waals surface area contributed by atoms with Gasteiger partial charge in [0.05, 0.1) is 17.1 Å². The minimum atomic E-state index is -0.829. The molecule has 0 radical (unpaired) electrons. The standard InChI is InChI=1S/C18H24N4O3/c1-12-9-13(17(23)24)11-22(10-12)18(25)19-8-7-15-14-5-3-4-6-16(14)21(2)20-15/h3-6,12-13H,7-11H2,1-2H3,(H,19,25)(H,23,24). The fourth-order valence-corrected chi connectivity index (χ4v) is 3.57. The minimum absolute atomic E-state index is 0.195. The highest BCUT2D eigenvalue weighted by Gasteiger charge is 2.31. The van der Waals surface area contributed by atoms with Gasteiger partial charge in [0.15, 0.2) is 0 Å². The van der Waals surface area contributed by atoms with Crippen molar-refractivity contribution in [2.75, 3.05) is 19.6 Å². The second-order valence-electron chi connectivity index (χ2n) is 6.85. The van der Waals surface area contributed by atoms with Crippen LogP contribution in [0, 0.1) is 11.8 Å². The topological polar surface area (TPSA) is 87.5 Å². The summed E-state index contributed by atoms with van der Waals surface area (Å²) in [5, 5.41) is 17.7. The van der Waals surface area contributed by atoms with E-state index in [1.54, 1.807) is 4.90 Å². The molecular formula is C18H24N4O3. The van der Waals surface area contributed by atoms with Gasteiger partial charge < -0.3 is 15.3 Å². The lowest BCUT2D eigenvalue weighted by atomic mass is 9.91. The number of likely N-dealkylation sites (tertiary alicyclic amines) is 1. The van der Waals surface area contributed by atoms with Crippen LogP contribution in [0.2, 0.25) is 0 Å². The third kappa shape index (κ3) is 3.75. The average Bonchev–Trinajstić information content (AvgIpc) is 2.91. The molecule has 1 saturated heterocycles. The fraction of sp³-hybridized carbons (Fsp3) is 0.500. The zero-order valence-electron chi connectivity index (χ0n) is 14.6. The highest BCUT2D eigenvalue weighted by Crippen LogP contribution is 2.22. The maximum Gasteiger partial charge on any atom is 0.317 e. The first-order valence-corrected chi connectivity index (χ1v) is 8.62. The summed E-state index contributed by atoms with van der Waals surface area (Å²) < 4.78 is 1.84. The molecule has 134 valence electrons. The summed E-state index contributed by atoms with van der Waals surface area (Å²) in [5.74, 6) is -1.11. The molecule has 1 aromatic heterocycles. The van der Waals surface area contributed by atoms with E-state index < -0.39 is 11.9 Å². The quantitative estimate of drug-likeness (QED) is 0.886. The Hall–Kier alpha value is -2.57. The Morgan fingerprint density at radius 3 is 2.84 bits per heavy atom. The number of carboxylic acid groups (broad SMARTS) is 1. The Bertz CT molecular complexity index is 786. The van der Waals surface area contributed by atoms with Gasteiger partial charge in [-0.3, -0.25) is 9.48 Å². The second-order valence-corrected chi connectivity index (χ2v) is 6.85. The van der Waals surface area contributed by atoms with Crippen molar-refractivity contribution in [1.82, 2.24) is 20.0 Å². The van der Waals surface area contributed by atoms with Crippen LogP contribution >= 0.6 is 0 Å². The number of carbonyl (C=O) groups is 2. The maximum absolute atomic E-state index is 12.4. The molecule has 1 fully saturated rings. The van der Waals surface area contributed by atoms with E-state index in [1.165, 1.54) is 0 Å². The zero-order chi connectivity index (χ0) is 18.0. The molecule has 0 aliphatic carbocycles. The van der Waals surface area contributed by atoms with Gasteiger partial charge in [0, 0.05) is 38.5 Å². The third-order valence-corrected chi connectivity index (χ3v) is 4.77. The Kier molecular flexibility index (Phi) is 4.92. The number of aryl methyl sites for hydroxylation is 1. The molecule has 2 atom stereocenters. The van der Waals surface area contributed by atoms with Gasteiger partial charge in [-0.15, -0.1) is 0 Å². The van der Waals surface area contributed by atoms with E-state index in [0.717, 1.165) is 16.6 Å². The monoisotopic (exact) mass is 344 g/mol. The smallest absolute Gasteiger partial charge is 0.317 e. The summed E-state index contributed by atoms with van der Waals surface area (Å²) in [7, 11) is 1.91. The van der Waals surface area contributed by atoms with Crippen molar-refractivity contribution in [2.24, 2.45) is 18.9 Å². The number of nitrogens with zero attached hydrogens (tertiary/aromatic N) is 3. The van der Waals surface area contributed by atoms with E-state index in [0.29, 0.717) is 25.9 Å². The predicted molar refractivity (Wildman–Crippen MR) is 94.3 cm³/mol. The lowest BCUT2D eigenvalue weighted by Crippen LogP contribution is -2.49. The number of piperidine rings is 1. The number of fused-ring (bicyclic) bond motifs is 1. The number of aromatic nitrogens is 2. The lowest BCUT2D eigenvalue weighted by molar-refractivity contribution is -0.143. The van der Waals surface area contributed by atoms with E-state index in [9.17, 15) is 14.7 Å². The Morgan fingerprint density at radius 2 is 2.08 bits per heavy atom. The van der Waals surface area contributed by atoms with Crippen molar-refractivity contribution in [3.05, 3.63) is 30.0 Å². The van der Waals surface area contributed by atoms with Crippen LogP contribution in [0.15, 0.2) is 24.3 Å². The number of hydrogen-bond acceptors (Lipinski definition) is 3. The van der Waals surface area contributed by atoms with Crippen LogP contribution in [0.4, 0.5) is 4.79 Å². The molecule has 2 heterocycles. The van der Waals surface area contributed by atoms with E-state index in [1.807, 2.05) is 42.9 Å². The summed E-state index contributed by atoms with van der Waals surface area (Å²) in [5.41, 5.74) is 2.02. The van der Waals surface area contributed by atoms with Crippen LogP contribution in [-0.4, -0.2) is 51.4 Å². The summed E-state index contributed by atoms with van der Waals surface area (Å²) in [4.78, 5) is 25.2. The normalized spacial score (nSPS) is 20.6. The summed E-state index contributed by atoms with van der Waals surface area (Å²) in [6.07, 6.45) is 1.26. The molecule has 2 N–H and O–H groups in total. The van der Waals surface area contributed by atoms with Crippen molar-refractivity contribution in [2.45, 2.75) is 19.8 Å². The number of benzene rings is 1. The largest absolute Gasteiger partial charge is 0.481 e. The number of aliphatic carboxylic acids is 1. The minimum Gasteiger partial charge on any atom is -0.481 e. The number of para-hydroxylation sites is 1. The molecule has 3 rings (SSSR count). The van der Waals surface area contributed by atoms with E-state index in [2.05, 4.69) is 10.4 Å². The SMILES string of the molecule is CC1CC(C(=O)O)CN(C(=O)NCCc2nn(C)c3ccccc23)C1. The highest BCUT2D eigenvalue weighted by molar-refractivity contribution is 5.82. The van der Waals surface area contributed by atoms with Crippen LogP contribution in [0.5, 0.6) is 0 Å². The second kappa shape index (κ2) is 7.13. The van der Waals surface area contributed by atoms with Crippen molar-refractivity contribution >= 4 is 22.9 Å². The molecule has 2 unspecified atom stereocenters.